The van der Waals surface area contributed by atoms with Gasteiger partial charge in [-0.2, -0.15) is 0 Å². The SMILES string of the molecule is Fc1ccc(Sc2ccc(Sc3ccccc3)cc2)cc1. The molecule has 3 rings (SSSR count). The fourth-order valence-corrected chi connectivity index (χ4v) is 3.49. The van der Waals surface area contributed by atoms with Gasteiger partial charge >= 0.3 is 0 Å². The highest BCUT2D eigenvalue weighted by Crippen LogP contribution is 2.32. The molecule has 21 heavy (non-hydrogen) atoms. The predicted octanol–water partition coefficient (Wildman–Crippen LogP) is 6.13. The molecule has 0 radical (unpaired) electrons. The van der Waals surface area contributed by atoms with E-state index in [-0.39, 0.29) is 5.82 Å². The van der Waals surface area contributed by atoms with Gasteiger partial charge in [0.05, 0.1) is 0 Å². The summed E-state index contributed by atoms with van der Waals surface area (Å²) in [5.74, 6) is -0.200. The Labute approximate surface area is 132 Å². The monoisotopic (exact) mass is 312 g/mol. The fourth-order valence-electron chi connectivity index (χ4n) is 1.84. The van der Waals surface area contributed by atoms with Gasteiger partial charge in [0.25, 0.3) is 0 Å². The molecule has 3 heteroatoms. The number of hydrogen-bond acceptors (Lipinski definition) is 2. The maximum Gasteiger partial charge on any atom is 0.123 e. The molecule has 0 saturated carbocycles. The van der Waals surface area contributed by atoms with Gasteiger partial charge in [-0.1, -0.05) is 41.7 Å². The predicted molar refractivity (Wildman–Crippen MR) is 87.5 cm³/mol. The summed E-state index contributed by atoms with van der Waals surface area (Å²) in [5.41, 5.74) is 0. The van der Waals surface area contributed by atoms with E-state index in [1.54, 1.807) is 35.7 Å². The molecule has 0 spiro atoms. The molecule has 0 amide bonds. The highest BCUT2D eigenvalue weighted by Gasteiger charge is 2.00. The molecule has 0 unspecified atom stereocenters. The van der Waals surface area contributed by atoms with Crippen LogP contribution in [0.4, 0.5) is 4.39 Å². The number of halogens is 1. The molecule has 0 aromatic heterocycles. The minimum atomic E-state index is -0.200. The Morgan fingerprint density at radius 2 is 0.857 bits per heavy atom. The zero-order valence-corrected chi connectivity index (χ0v) is 12.8. The summed E-state index contributed by atoms with van der Waals surface area (Å²) < 4.78 is 12.9. The molecule has 104 valence electrons. The Kier molecular flexibility index (Phi) is 4.63. The molecule has 0 aliphatic carbocycles. The van der Waals surface area contributed by atoms with Crippen LogP contribution in [0.25, 0.3) is 0 Å². The summed E-state index contributed by atoms with van der Waals surface area (Å²) in [4.78, 5) is 4.64. The normalized spacial score (nSPS) is 10.5. The van der Waals surface area contributed by atoms with Crippen molar-refractivity contribution in [2.24, 2.45) is 0 Å². The van der Waals surface area contributed by atoms with Crippen molar-refractivity contribution in [1.82, 2.24) is 0 Å². The summed E-state index contributed by atoms with van der Waals surface area (Å²) in [7, 11) is 0. The third-order valence-electron chi connectivity index (χ3n) is 2.85. The zero-order chi connectivity index (χ0) is 14.5. The third-order valence-corrected chi connectivity index (χ3v) is 4.88. The van der Waals surface area contributed by atoms with E-state index in [1.165, 1.54) is 21.9 Å². The van der Waals surface area contributed by atoms with Gasteiger partial charge in [0.15, 0.2) is 0 Å². The van der Waals surface area contributed by atoms with Gasteiger partial charge in [-0.15, -0.1) is 0 Å². The van der Waals surface area contributed by atoms with Gasteiger partial charge in [-0.05, 0) is 60.7 Å². The van der Waals surface area contributed by atoms with E-state index in [0.29, 0.717) is 0 Å². The van der Waals surface area contributed by atoms with E-state index in [0.717, 1.165) is 9.79 Å². The average molecular weight is 312 g/mol. The fraction of sp³-hybridized carbons (Fsp3) is 0. The summed E-state index contributed by atoms with van der Waals surface area (Å²) in [5, 5.41) is 0. The van der Waals surface area contributed by atoms with Crippen molar-refractivity contribution in [3.63, 3.8) is 0 Å². The largest absolute Gasteiger partial charge is 0.207 e. The second-order valence-corrected chi connectivity index (χ2v) is 6.74. The molecule has 0 heterocycles. The first-order chi connectivity index (χ1) is 10.3. The van der Waals surface area contributed by atoms with Crippen molar-refractivity contribution in [2.45, 2.75) is 19.6 Å². The lowest BCUT2D eigenvalue weighted by Gasteiger charge is -2.04. The Morgan fingerprint density at radius 3 is 1.33 bits per heavy atom. The van der Waals surface area contributed by atoms with Crippen LogP contribution in [0.2, 0.25) is 0 Å². The highest BCUT2D eigenvalue weighted by molar-refractivity contribution is 7.99. The van der Waals surface area contributed by atoms with Crippen LogP contribution >= 0.6 is 23.5 Å². The molecule has 3 aromatic carbocycles. The van der Waals surface area contributed by atoms with E-state index in [1.807, 2.05) is 18.2 Å². The minimum absolute atomic E-state index is 0.200. The van der Waals surface area contributed by atoms with E-state index < -0.39 is 0 Å². The molecule has 0 fully saturated rings. The molecule has 0 bridgehead atoms. The summed E-state index contributed by atoms with van der Waals surface area (Å²) in [6.07, 6.45) is 0. The highest BCUT2D eigenvalue weighted by atomic mass is 32.2. The second kappa shape index (κ2) is 6.83. The molecule has 0 aliphatic rings. The molecule has 0 atom stereocenters. The Bertz CT molecular complexity index is 692. The van der Waals surface area contributed by atoms with Gasteiger partial charge in [0.2, 0.25) is 0 Å². The maximum atomic E-state index is 12.9. The Hall–Kier alpha value is -1.71. The first kappa shape index (κ1) is 14.2. The topological polar surface area (TPSA) is 0 Å². The number of rotatable bonds is 4. The van der Waals surface area contributed by atoms with Crippen molar-refractivity contribution >= 4 is 23.5 Å². The molecular formula is C18H13FS2. The van der Waals surface area contributed by atoms with Gasteiger partial charge < -0.3 is 0 Å². The summed E-state index contributed by atoms with van der Waals surface area (Å²) in [6, 6.07) is 25.3. The van der Waals surface area contributed by atoms with Crippen molar-refractivity contribution in [3.8, 4) is 0 Å². The molecule has 0 saturated heterocycles. The lowest BCUT2D eigenvalue weighted by Crippen LogP contribution is -1.77. The standard InChI is InChI=1S/C18H13FS2/c19-14-6-8-16(9-7-14)21-18-12-10-17(11-13-18)20-15-4-2-1-3-5-15/h1-13H. The van der Waals surface area contributed by atoms with Crippen LogP contribution < -0.4 is 0 Å². The lowest BCUT2D eigenvalue weighted by molar-refractivity contribution is 0.626. The van der Waals surface area contributed by atoms with Crippen molar-refractivity contribution < 1.29 is 4.39 Å². The molecule has 0 N–H and O–H groups in total. The van der Waals surface area contributed by atoms with E-state index >= 15 is 0 Å². The first-order valence-electron chi connectivity index (χ1n) is 6.56. The van der Waals surface area contributed by atoms with Crippen LogP contribution in [0.3, 0.4) is 0 Å². The van der Waals surface area contributed by atoms with E-state index in [9.17, 15) is 4.39 Å². The van der Waals surface area contributed by atoms with E-state index in [4.69, 9.17) is 0 Å². The quantitative estimate of drug-likeness (QED) is 0.568. The van der Waals surface area contributed by atoms with Gasteiger partial charge in [0, 0.05) is 19.6 Å². The van der Waals surface area contributed by atoms with E-state index in [2.05, 4.69) is 36.4 Å². The summed E-state index contributed by atoms with van der Waals surface area (Å²) >= 11 is 3.38. The van der Waals surface area contributed by atoms with Crippen molar-refractivity contribution in [3.05, 3.63) is 84.7 Å². The van der Waals surface area contributed by atoms with Crippen LogP contribution in [0.5, 0.6) is 0 Å². The molecular weight excluding hydrogens is 299 g/mol. The van der Waals surface area contributed by atoms with Gasteiger partial charge in [-0.25, -0.2) is 4.39 Å². The number of hydrogen-bond donors (Lipinski definition) is 0. The van der Waals surface area contributed by atoms with Gasteiger partial charge in [-0.3, -0.25) is 0 Å². The average Bonchev–Trinajstić information content (AvgIpc) is 2.53. The molecule has 3 aromatic rings. The van der Waals surface area contributed by atoms with Crippen molar-refractivity contribution in [2.75, 3.05) is 0 Å². The maximum absolute atomic E-state index is 12.9. The van der Waals surface area contributed by atoms with Crippen LogP contribution in [0.1, 0.15) is 0 Å². The molecule has 0 nitrogen and oxygen atoms in total. The minimum Gasteiger partial charge on any atom is -0.207 e. The Morgan fingerprint density at radius 1 is 0.476 bits per heavy atom. The molecule has 0 aliphatic heterocycles. The Balaban J connectivity index is 1.68. The smallest absolute Gasteiger partial charge is 0.123 e. The lowest BCUT2D eigenvalue weighted by atomic mass is 10.3. The van der Waals surface area contributed by atoms with Gasteiger partial charge in [0.1, 0.15) is 5.82 Å². The van der Waals surface area contributed by atoms with Crippen molar-refractivity contribution in [1.29, 1.82) is 0 Å². The van der Waals surface area contributed by atoms with Crippen LogP contribution in [0.15, 0.2) is 98.4 Å². The number of benzene rings is 3. The van der Waals surface area contributed by atoms with Crippen LogP contribution in [0, 0.1) is 5.82 Å². The third kappa shape index (κ3) is 4.13. The summed E-state index contributed by atoms with van der Waals surface area (Å²) in [6.45, 7) is 0. The first-order valence-corrected chi connectivity index (χ1v) is 8.19. The second-order valence-electron chi connectivity index (χ2n) is 4.44. The zero-order valence-electron chi connectivity index (χ0n) is 11.2. The van der Waals surface area contributed by atoms with Crippen LogP contribution in [-0.4, -0.2) is 0 Å². The van der Waals surface area contributed by atoms with Crippen LogP contribution in [-0.2, 0) is 0 Å².